The quantitative estimate of drug-likeness (QED) is 0.940. The highest BCUT2D eigenvalue weighted by atomic mass is 35.5. The number of carbonyl (C=O) groups is 1. The Balaban J connectivity index is 1.64. The smallest absolute Gasteiger partial charge is 0.257 e. The Morgan fingerprint density at radius 3 is 2.86 bits per heavy atom. The number of para-hydroxylation sites is 1. The number of nitrogens with one attached hydrogen (secondary N) is 1. The Labute approximate surface area is 133 Å². The number of hydrogen-bond donors (Lipinski definition) is 1. The lowest BCUT2D eigenvalue weighted by Gasteiger charge is -2.11. The van der Waals surface area contributed by atoms with Gasteiger partial charge in [0.1, 0.15) is 6.10 Å². The second kappa shape index (κ2) is 6.77. The molecule has 0 radical (unpaired) electrons. The van der Waals surface area contributed by atoms with Crippen molar-refractivity contribution in [1.82, 2.24) is 4.98 Å². The van der Waals surface area contributed by atoms with Crippen molar-refractivity contribution in [3.8, 4) is 5.88 Å². The van der Waals surface area contributed by atoms with Crippen LogP contribution in [0.5, 0.6) is 5.88 Å². The molecule has 114 valence electrons. The minimum Gasteiger partial charge on any atom is -0.472 e. The number of amides is 1. The number of benzene rings is 1. The first-order valence-electron chi connectivity index (χ1n) is 6.99. The molecule has 0 spiro atoms. The lowest BCUT2D eigenvalue weighted by molar-refractivity contribution is 0.102. The van der Waals surface area contributed by atoms with Crippen LogP contribution in [0.15, 0.2) is 42.6 Å². The van der Waals surface area contributed by atoms with Gasteiger partial charge in [0, 0.05) is 18.7 Å². The molecule has 2 heterocycles. The van der Waals surface area contributed by atoms with Crippen LogP contribution in [0.3, 0.4) is 0 Å². The van der Waals surface area contributed by atoms with Crippen LogP contribution in [0, 0.1) is 0 Å². The van der Waals surface area contributed by atoms with E-state index in [9.17, 15) is 4.79 Å². The van der Waals surface area contributed by atoms with E-state index in [-0.39, 0.29) is 12.0 Å². The predicted octanol–water partition coefficient (Wildman–Crippen LogP) is 3.16. The third-order valence-electron chi connectivity index (χ3n) is 3.30. The largest absolute Gasteiger partial charge is 0.472 e. The molecule has 1 aromatic heterocycles. The molecule has 0 saturated carbocycles. The summed E-state index contributed by atoms with van der Waals surface area (Å²) in [5.41, 5.74) is 1.01. The minimum absolute atomic E-state index is 0.0373. The van der Waals surface area contributed by atoms with Gasteiger partial charge in [-0.3, -0.25) is 4.79 Å². The zero-order chi connectivity index (χ0) is 15.4. The maximum atomic E-state index is 12.2. The van der Waals surface area contributed by atoms with Crippen LogP contribution in [0.1, 0.15) is 16.8 Å². The van der Waals surface area contributed by atoms with Crippen molar-refractivity contribution in [2.24, 2.45) is 0 Å². The maximum Gasteiger partial charge on any atom is 0.257 e. The maximum absolute atomic E-state index is 12.2. The lowest BCUT2D eigenvalue weighted by atomic mass is 10.2. The molecule has 1 aromatic carbocycles. The number of aromatic nitrogens is 1. The molecule has 1 fully saturated rings. The van der Waals surface area contributed by atoms with Crippen molar-refractivity contribution in [3.05, 3.63) is 53.2 Å². The summed E-state index contributed by atoms with van der Waals surface area (Å²) in [6, 6.07) is 10.4. The van der Waals surface area contributed by atoms with E-state index in [0.29, 0.717) is 35.4 Å². The average molecular weight is 319 g/mol. The molecular weight excluding hydrogens is 304 g/mol. The summed E-state index contributed by atoms with van der Waals surface area (Å²) >= 11 is 6.01. The summed E-state index contributed by atoms with van der Waals surface area (Å²) in [5.74, 6) is 0.223. The van der Waals surface area contributed by atoms with E-state index in [1.165, 1.54) is 6.20 Å². The predicted molar refractivity (Wildman–Crippen MR) is 83.5 cm³/mol. The topological polar surface area (TPSA) is 60.5 Å². The molecule has 0 aliphatic carbocycles. The Kier molecular flexibility index (Phi) is 4.56. The van der Waals surface area contributed by atoms with Gasteiger partial charge >= 0.3 is 0 Å². The number of halogens is 1. The Morgan fingerprint density at radius 2 is 2.18 bits per heavy atom. The molecular formula is C16H15ClN2O3. The zero-order valence-corrected chi connectivity index (χ0v) is 12.5. The SMILES string of the molecule is O=C(Nc1ccccc1Cl)c1ccc(OC2CCOC2)nc1. The monoisotopic (exact) mass is 318 g/mol. The summed E-state index contributed by atoms with van der Waals surface area (Å²) < 4.78 is 10.9. The minimum atomic E-state index is -0.267. The third kappa shape index (κ3) is 3.55. The van der Waals surface area contributed by atoms with Crippen molar-refractivity contribution in [2.45, 2.75) is 12.5 Å². The summed E-state index contributed by atoms with van der Waals surface area (Å²) in [5, 5.41) is 3.24. The molecule has 0 bridgehead atoms. The van der Waals surface area contributed by atoms with Crippen LogP contribution in [-0.4, -0.2) is 30.2 Å². The summed E-state index contributed by atoms with van der Waals surface area (Å²) in [6.07, 6.45) is 2.38. The van der Waals surface area contributed by atoms with E-state index < -0.39 is 0 Å². The molecule has 1 atom stereocenters. The van der Waals surface area contributed by atoms with Gasteiger partial charge in [-0.05, 0) is 18.2 Å². The molecule has 3 rings (SSSR count). The number of hydrogen-bond acceptors (Lipinski definition) is 4. The van der Waals surface area contributed by atoms with Crippen LogP contribution in [-0.2, 0) is 4.74 Å². The molecule has 1 saturated heterocycles. The molecule has 1 unspecified atom stereocenters. The highest BCUT2D eigenvalue weighted by Crippen LogP contribution is 2.21. The van der Waals surface area contributed by atoms with Crippen molar-refractivity contribution < 1.29 is 14.3 Å². The molecule has 5 nitrogen and oxygen atoms in total. The van der Waals surface area contributed by atoms with Crippen LogP contribution in [0.4, 0.5) is 5.69 Å². The molecule has 6 heteroatoms. The van der Waals surface area contributed by atoms with Gasteiger partial charge in [-0.1, -0.05) is 23.7 Å². The van der Waals surface area contributed by atoms with E-state index in [2.05, 4.69) is 10.3 Å². The van der Waals surface area contributed by atoms with Gasteiger partial charge in [-0.2, -0.15) is 0 Å². The second-order valence-electron chi connectivity index (χ2n) is 4.92. The van der Waals surface area contributed by atoms with Crippen molar-refractivity contribution in [3.63, 3.8) is 0 Å². The van der Waals surface area contributed by atoms with Crippen LogP contribution >= 0.6 is 11.6 Å². The summed E-state index contributed by atoms with van der Waals surface area (Å²) in [7, 11) is 0. The van der Waals surface area contributed by atoms with Gasteiger partial charge in [-0.25, -0.2) is 4.98 Å². The summed E-state index contributed by atoms with van der Waals surface area (Å²) in [4.78, 5) is 16.3. The normalized spacial score (nSPS) is 17.2. The van der Waals surface area contributed by atoms with Gasteiger partial charge < -0.3 is 14.8 Å². The first kappa shape index (κ1) is 14.8. The summed E-state index contributed by atoms with van der Waals surface area (Å²) in [6.45, 7) is 1.29. The molecule has 1 aliphatic heterocycles. The third-order valence-corrected chi connectivity index (χ3v) is 3.63. The number of pyridine rings is 1. The van der Waals surface area contributed by atoms with E-state index >= 15 is 0 Å². The molecule has 1 aliphatic rings. The highest BCUT2D eigenvalue weighted by Gasteiger charge is 2.18. The van der Waals surface area contributed by atoms with Gasteiger partial charge in [-0.15, -0.1) is 0 Å². The van der Waals surface area contributed by atoms with Crippen LogP contribution in [0.2, 0.25) is 5.02 Å². The van der Waals surface area contributed by atoms with Gasteiger partial charge in [0.25, 0.3) is 5.91 Å². The van der Waals surface area contributed by atoms with Gasteiger partial charge in [0.05, 0.1) is 29.5 Å². The fourth-order valence-corrected chi connectivity index (χ4v) is 2.30. The fourth-order valence-electron chi connectivity index (χ4n) is 2.12. The Morgan fingerprint density at radius 1 is 1.32 bits per heavy atom. The highest BCUT2D eigenvalue weighted by molar-refractivity contribution is 6.33. The zero-order valence-electron chi connectivity index (χ0n) is 11.8. The number of carbonyl (C=O) groups excluding carboxylic acids is 1. The van der Waals surface area contributed by atoms with Gasteiger partial charge in [0.15, 0.2) is 0 Å². The van der Waals surface area contributed by atoms with Crippen molar-refractivity contribution >= 4 is 23.2 Å². The van der Waals surface area contributed by atoms with Crippen LogP contribution in [0.25, 0.3) is 0 Å². The van der Waals surface area contributed by atoms with E-state index in [1.807, 2.05) is 0 Å². The second-order valence-corrected chi connectivity index (χ2v) is 5.33. The lowest BCUT2D eigenvalue weighted by Crippen LogP contribution is -2.17. The number of rotatable bonds is 4. The first-order chi connectivity index (χ1) is 10.7. The van der Waals surface area contributed by atoms with Gasteiger partial charge in [0.2, 0.25) is 5.88 Å². The fraction of sp³-hybridized carbons (Fsp3) is 0.250. The van der Waals surface area contributed by atoms with Crippen molar-refractivity contribution in [2.75, 3.05) is 18.5 Å². The van der Waals surface area contributed by atoms with Crippen molar-refractivity contribution in [1.29, 1.82) is 0 Å². The number of nitrogens with zero attached hydrogens (tertiary/aromatic N) is 1. The standard InChI is InChI=1S/C16H15ClN2O3/c17-13-3-1-2-4-14(13)19-16(20)11-5-6-15(18-9-11)22-12-7-8-21-10-12/h1-6,9,12H,7-8,10H2,(H,19,20). The average Bonchev–Trinajstić information content (AvgIpc) is 3.03. The number of anilines is 1. The van der Waals surface area contributed by atoms with E-state index in [0.717, 1.165) is 6.42 Å². The molecule has 1 N–H and O–H groups in total. The Hall–Kier alpha value is -2.11. The molecule has 1 amide bonds. The first-order valence-corrected chi connectivity index (χ1v) is 7.36. The molecule has 2 aromatic rings. The van der Waals surface area contributed by atoms with E-state index in [4.69, 9.17) is 21.1 Å². The Bertz CT molecular complexity index is 655. The number of ether oxygens (including phenoxy) is 2. The van der Waals surface area contributed by atoms with E-state index in [1.54, 1.807) is 36.4 Å². The molecule has 22 heavy (non-hydrogen) atoms. The van der Waals surface area contributed by atoms with Crippen LogP contribution < -0.4 is 10.1 Å².